The smallest absolute Gasteiger partial charge is 0.306 e. The highest BCUT2D eigenvalue weighted by atomic mass is 16.5. The van der Waals surface area contributed by atoms with E-state index in [1.807, 2.05) is 80.7 Å². The molecule has 2 amide bonds. The first kappa shape index (κ1) is 26.0. The quantitative estimate of drug-likeness (QED) is 0.402. The number of carbonyl (C=O) groups is 3. The van der Waals surface area contributed by atoms with Gasteiger partial charge in [-0.15, -0.1) is 0 Å². The SMILES string of the molecule is CCOC(=O)CCC(=O)N(CC(=O)N1c2ccccc2-n2cccc2C1c1ccc(OC)cc1)C(C)C. The molecule has 0 saturated carbocycles. The van der Waals surface area contributed by atoms with Gasteiger partial charge in [-0.3, -0.25) is 19.3 Å². The standard InChI is InChI=1S/C29H33N3O5/c1-5-37-28(35)17-16-26(33)31(20(2)3)19-27(34)32-24-10-7-6-9-23(24)30-18-8-11-25(30)29(32)21-12-14-22(36-4)15-13-21/h6-15,18,20,29H,5,16-17,19H2,1-4H3. The second-order valence-electron chi connectivity index (χ2n) is 9.15. The van der Waals surface area contributed by atoms with E-state index in [0.29, 0.717) is 0 Å². The van der Waals surface area contributed by atoms with Crippen LogP contribution in [0.2, 0.25) is 0 Å². The van der Waals surface area contributed by atoms with Crippen LogP contribution in [-0.2, 0) is 19.1 Å². The summed E-state index contributed by atoms with van der Waals surface area (Å²) in [6.07, 6.45) is 1.97. The Morgan fingerprint density at radius 1 is 0.946 bits per heavy atom. The number of amides is 2. The van der Waals surface area contributed by atoms with E-state index in [-0.39, 0.29) is 43.8 Å². The molecule has 194 valence electrons. The number of rotatable bonds is 9. The van der Waals surface area contributed by atoms with E-state index in [2.05, 4.69) is 4.57 Å². The van der Waals surface area contributed by atoms with Crippen LogP contribution in [0.1, 0.15) is 50.9 Å². The normalized spacial score (nSPS) is 14.1. The molecule has 2 aromatic carbocycles. The molecule has 2 heterocycles. The van der Waals surface area contributed by atoms with Gasteiger partial charge < -0.3 is 18.9 Å². The summed E-state index contributed by atoms with van der Waals surface area (Å²) in [4.78, 5) is 42.2. The molecular weight excluding hydrogens is 470 g/mol. The lowest BCUT2D eigenvalue weighted by Crippen LogP contribution is -2.48. The summed E-state index contributed by atoms with van der Waals surface area (Å²) in [6, 6.07) is 18.8. The van der Waals surface area contributed by atoms with Crippen LogP contribution in [0.4, 0.5) is 5.69 Å². The van der Waals surface area contributed by atoms with Crippen molar-refractivity contribution in [3.63, 3.8) is 0 Å². The van der Waals surface area contributed by atoms with Crippen molar-refractivity contribution in [3.05, 3.63) is 78.1 Å². The number of fused-ring (bicyclic) bond motifs is 3. The zero-order valence-electron chi connectivity index (χ0n) is 21.7. The number of methoxy groups -OCH3 is 1. The zero-order chi connectivity index (χ0) is 26.5. The first-order chi connectivity index (χ1) is 17.8. The van der Waals surface area contributed by atoms with Gasteiger partial charge in [-0.2, -0.15) is 0 Å². The molecule has 1 aliphatic rings. The van der Waals surface area contributed by atoms with Gasteiger partial charge in [0.05, 0.1) is 37.2 Å². The number of anilines is 1. The van der Waals surface area contributed by atoms with Crippen molar-refractivity contribution >= 4 is 23.5 Å². The summed E-state index contributed by atoms with van der Waals surface area (Å²) in [5.41, 5.74) is 3.53. The van der Waals surface area contributed by atoms with Crippen molar-refractivity contribution in [1.82, 2.24) is 9.47 Å². The fraction of sp³-hybridized carbons (Fsp3) is 0.345. The van der Waals surface area contributed by atoms with E-state index in [0.717, 1.165) is 28.4 Å². The monoisotopic (exact) mass is 503 g/mol. The molecule has 1 unspecified atom stereocenters. The van der Waals surface area contributed by atoms with Gasteiger partial charge in [0, 0.05) is 18.7 Å². The summed E-state index contributed by atoms with van der Waals surface area (Å²) < 4.78 is 12.4. The third-order valence-corrected chi connectivity index (χ3v) is 6.52. The van der Waals surface area contributed by atoms with E-state index in [1.54, 1.807) is 18.9 Å². The zero-order valence-corrected chi connectivity index (χ0v) is 21.7. The number of esters is 1. The number of aromatic nitrogens is 1. The molecule has 1 aromatic heterocycles. The summed E-state index contributed by atoms with van der Waals surface area (Å²) in [6.45, 7) is 5.62. The first-order valence-electron chi connectivity index (χ1n) is 12.5. The number of carbonyl (C=O) groups excluding carboxylic acids is 3. The van der Waals surface area contributed by atoms with E-state index in [9.17, 15) is 14.4 Å². The minimum atomic E-state index is -0.420. The molecule has 0 N–H and O–H groups in total. The molecule has 3 aromatic rings. The summed E-state index contributed by atoms with van der Waals surface area (Å²) in [5.74, 6) is -0.160. The van der Waals surface area contributed by atoms with Crippen molar-refractivity contribution in [1.29, 1.82) is 0 Å². The fourth-order valence-corrected chi connectivity index (χ4v) is 4.73. The fourth-order valence-electron chi connectivity index (χ4n) is 4.73. The van der Waals surface area contributed by atoms with Crippen molar-refractivity contribution in [2.45, 2.75) is 45.7 Å². The van der Waals surface area contributed by atoms with Crippen LogP contribution < -0.4 is 9.64 Å². The summed E-state index contributed by atoms with van der Waals surface area (Å²) in [5, 5.41) is 0. The third kappa shape index (κ3) is 5.38. The van der Waals surface area contributed by atoms with E-state index < -0.39 is 12.0 Å². The van der Waals surface area contributed by atoms with Crippen LogP contribution in [0.5, 0.6) is 5.75 Å². The van der Waals surface area contributed by atoms with Crippen molar-refractivity contribution < 1.29 is 23.9 Å². The molecule has 0 saturated heterocycles. The number of nitrogens with zero attached hydrogens (tertiary/aromatic N) is 3. The van der Waals surface area contributed by atoms with Crippen LogP contribution >= 0.6 is 0 Å². The topological polar surface area (TPSA) is 81.1 Å². The second-order valence-corrected chi connectivity index (χ2v) is 9.15. The van der Waals surface area contributed by atoms with Crippen LogP contribution in [0, 0.1) is 0 Å². The van der Waals surface area contributed by atoms with Gasteiger partial charge in [0.15, 0.2) is 0 Å². The average molecular weight is 504 g/mol. The summed E-state index contributed by atoms with van der Waals surface area (Å²) >= 11 is 0. The Morgan fingerprint density at radius 2 is 1.65 bits per heavy atom. The van der Waals surface area contributed by atoms with Gasteiger partial charge in [0.25, 0.3) is 0 Å². The molecule has 1 aliphatic heterocycles. The molecule has 0 fully saturated rings. The molecule has 8 heteroatoms. The number of ether oxygens (including phenoxy) is 2. The van der Waals surface area contributed by atoms with Gasteiger partial charge in [0.2, 0.25) is 11.8 Å². The van der Waals surface area contributed by atoms with E-state index in [4.69, 9.17) is 9.47 Å². The van der Waals surface area contributed by atoms with Gasteiger partial charge in [-0.05, 0) is 62.7 Å². The maximum Gasteiger partial charge on any atom is 0.306 e. The average Bonchev–Trinajstić information content (AvgIpc) is 3.39. The molecule has 4 rings (SSSR count). The second kappa shape index (κ2) is 11.3. The maximum absolute atomic E-state index is 14.1. The largest absolute Gasteiger partial charge is 0.497 e. The molecule has 0 spiro atoms. The van der Waals surface area contributed by atoms with Crippen molar-refractivity contribution in [2.24, 2.45) is 0 Å². The Morgan fingerprint density at radius 3 is 2.30 bits per heavy atom. The number of benzene rings is 2. The Bertz CT molecular complexity index is 1260. The third-order valence-electron chi connectivity index (χ3n) is 6.52. The lowest BCUT2D eigenvalue weighted by atomic mass is 9.97. The van der Waals surface area contributed by atoms with E-state index >= 15 is 0 Å². The molecule has 8 nitrogen and oxygen atoms in total. The lowest BCUT2D eigenvalue weighted by molar-refractivity contribution is -0.146. The highest BCUT2D eigenvalue weighted by Gasteiger charge is 2.37. The molecule has 37 heavy (non-hydrogen) atoms. The van der Waals surface area contributed by atoms with Crippen molar-refractivity contribution in [3.8, 4) is 11.4 Å². The Balaban J connectivity index is 1.69. The van der Waals surface area contributed by atoms with Crippen molar-refractivity contribution in [2.75, 3.05) is 25.2 Å². The van der Waals surface area contributed by atoms with Crippen LogP contribution in [0.25, 0.3) is 5.69 Å². The Hall–Kier alpha value is -4.07. The van der Waals surface area contributed by atoms with Gasteiger partial charge in [0.1, 0.15) is 18.3 Å². The minimum absolute atomic E-state index is 0.00829. The number of hydrogen-bond donors (Lipinski definition) is 0. The predicted molar refractivity (Wildman–Crippen MR) is 141 cm³/mol. The van der Waals surface area contributed by atoms with Gasteiger partial charge >= 0.3 is 5.97 Å². The van der Waals surface area contributed by atoms with Crippen LogP contribution in [0.15, 0.2) is 66.9 Å². The Kier molecular flexibility index (Phi) is 7.96. The molecule has 0 radical (unpaired) electrons. The highest BCUT2D eigenvalue weighted by Crippen LogP contribution is 2.42. The van der Waals surface area contributed by atoms with Crippen LogP contribution in [-0.4, -0.2) is 53.6 Å². The van der Waals surface area contributed by atoms with Gasteiger partial charge in [-0.1, -0.05) is 24.3 Å². The predicted octanol–water partition coefficient (Wildman–Crippen LogP) is 4.50. The Labute approximate surface area is 217 Å². The molecule has 1 atom stereocenters. The maximum atomic E-state index is 14.1. The molecule has 0 bridgehead atoms. The van der Waals surface area contributed by atoms with Crippen LogP contribution in [0.3, 0.4) is 0 Å². The van der Waals surface area contributed by atoms with E-state index in [1.165, 1.54) is 4.90 Å². The number of hydrogen-bond acceptors (Lipinski definition) is 5. The minimum Gasteiger partial charge on any atom is -0.497 e. The molecule has 0 aliphatic carbocycles. The van der Waals surface area contributed by atoms with Gasteiger partial charge in [-0.25, -0.2) is 0 Å². The number of para-hydroxylation sites is 2. The lowest BCUT2D eigenvalue weighted by Gasteiger charge is -2.40. The molecular formula is C29H33N3O5. The summed E-state index contributed by atoms with van der Waals surface area (Å²) in [7, 11) is 1.62. The highest BCUT2D eigenvalue weighted by molar-refractivity contribution is 6.00. The first-order valence-corrected chi connectivity index (χ1v) is 12.5.